The number of hydrogen-bond acceptors (Lipinski definition) is 3. The van der Waals surface area contributed by atoms with E-state index in [0.717, 1.165) is 38.3 Å². The number of aryl methyl sites for hydroxylation is 1. The lowest BCUT2D eigenvalue weighted by Crippen LogP contribution is -2.53. The smallest absolute Gasteiger partial charge is 0.237 e. The van der Waals surface area contributed by atoms with Gasteiger partial charge in [0.25, 0.3) is 0 Å². The Labute approximate surface area is 167 Å². The second kappa shape index (κ2) is 9.80. The molecule has 1 heterocycles. The van der Waals surface area contributed by atoms with Gasteiger partial charge in [0.05, 0.1) is 6.04 Å². The quantitative estimate of drug-likeness (QED) is 0.798. The molecule has 0 saturated carbocycles. The van der Waals surface area contributed by atoms with Crippen LogP contribution in [0, 0.1) is 12.7 Å². The van der Waals surface area contributed by atoms with Gasteiger partial charge in [0.1, 0.15) is 5.82 Å². The lowest BCUT2D eigenvalue weighted by atomic mass is 10.1. The molecule has 0 aromatic heterocycles. The predicted molar refractivity (Wildman–Crippen MR) is 111 cm³/mol. The summed E-state index contributed by atoms with van der Waals surface area (Å²) in [6, 6.07) is 14.8. The van der Waals surface area contributed by atoms with Crippen molar-refractivity contribution in [3.05, 3.63) is 71.0 Å². The summed E-state index contributed by atoms with van der Waals surface area (Å²) in [7, 11) is 0. The van der Waals surface area contributed by atoms with Crippen LogP contribution in [0.1, 0.15) is 23.6 Å². The van der Waals surface area contributed by atoms with Crippen molar-refractivity contribution in [3.8, 4) is 0 Å². The maximum absolute atomic E-state index is 12.9. The van der Waals surface area contributed by atoms with Crippen LogP contribution in [0.5, 0.6) is 0 Å². The molecule has 2 aromatic rings. The van der Waals surface area contributed by atoms with Gasteiger partial charge in [-0.25, -0.2) is 4.39 Å². The molecule has 1 aliphatic rings. The summed E-state index contributed by atoms with van der Waals surface area (Å²) in [5.41, 5.74) is 3.74. The van der Waals surface area contributed by atoms with Crippen molar-refractivity contribution < 1.29 is 9.18 Å². The van der Waals surface area contributed by atoms with Gasteiger partial charge < -0.3 is 5.32 Å². The molecule has 1 amide bonds. The summed E-state index contributed by atoms with van der Waals surface area (Å²) in [5.74, 6) is -0.169. The van der Waals surface area contributed by atoms with Crippen molar-refractivity contribution in [3.63, 3.8) is 0 Å². The van der Waals surface area contributed by atoms with E-state index in [4.69, 9.17) is 0 Å². The first-order valence-electron chi connectivity index (χ1n) is 10.1. The van der Waals surface area contributed by atoms with Crippen LogP contribution in [0.3, 0.4) is 0 Å². The molecule has 0 spiro atoms. The molecule has 0 unspecified atom stereocenters. The first kappa shape index (κ1) is 20.5. The van der Waals surface area contributed by atoms with E-state index in [2.05, 4.69) is 46.3 Å². The Balaban J connectivity index is 1.40. The molecule has 3 rings (SSSR count). The van der Waals surface area contributed by atoms with Crippen LogP contribution in [0.25, 0.3) is 0 Å². The van der Waals surface area contributed by atoms with E-state index >= 15 is 0 Å². The minimum absolute atomic E-state index is 0.0643. The van der Waals surface area contributed by atoms with E-state index in [9.17, 15) is 9.18 Å². The molecule has 1 saturated heterocycles. The van der Waals surface area contributed by atoms with Crippen LogP contribution in [0.2, 0.25) is 0 Å². The van der Waals surface area contributed by atoms with Gasteiger partial charge in [-0.3, -0.25) is 14.6 Å². The largest absolute Gasteiger partial charge is 0.354 e. The van der Waals surface area contributed by atoms with E-state index in [1.807, 2.05) is 6.92 Å². The fourth-order valence-electron chi connectivity index (χ4n) is 3.63. The Morgan fingerprint density at radius 3 is 2.43 bits per heavy atom. The average molecular weight is 384 g/mol. The summed E-state index contributed by atoms with van der Waals surface area (Å²) >= 11 is 0. The summed E-state index contributed by atoms with van der Waals surface area (Å²) in [6.45, 7) is 9.43. The number of rotatable bonds is 7. The topological polar surface area (TPSA) is 35.6 Å². The lowest BCUT2D eigenvalue weighted by Gasteiger charge is -2.37. The molecule has 28 heavy (non-hydrogen) atoms. The number of halogens is 1. The normalized spacial score (nSPS) is 16.7. The van der Waals surface area contributed by atoms with Crippen molar-refractivity contribution in [2.24, 2.45) is 0 Å². The van der Waals surface area contributed by atoms with E-state index in [0.29, 0.717) is 13.0 Å². The Hall–Kier alpha value is -2.24. The molecule has 1 fully saturated rings. The van der Waals surface area contributed by atoms with E-state index in [1.54, 1.807) is 12.1 Å². The van der Waals surface area contributed by atoms with Gasteiger partial charge in [-0.05, 0) is 49.1 Å². The molecule has 150 valence electrons. The zero-order valence-electron chi connectivity index (χ0n) is 16.8. The van der Waals surface area contributed by atoms with Gasteiger partial charge >= 0.3 is 0 Å². The van der Waals surface area contributed by atoms with E-state index < -0.39 is 0 Å². The minimum atomic E-state index is -0.233. The molecule has 1 aliphatic heterocycles. The van der Waals surface area contributed by atoms with Crippen molar-refractivity contribution >= 4 is 5.91 Å². The zero-order chi connectivity index (χ0) is 19.9. The number of benzene rings is 2. The first-order valence-corrected chi connectivity index (χ1v) is 10.1. The van der Waals surface area contributed by atoms with Crippen LogP contribution in [0.4, 0.5) is 4.39 Å². The fourth-order valence-corrected chi connectivity index (χ4v) is 3.63. The number of carbonyl (C=O) groups is 1. The standard InChI is InChI=1S/C23H30FN3O/c1-18-5-3-4-6-21(18)17-26-13-15-27(16-14-26)19(2)23(28)25-12-11-20-7-9-22(24)10-8-20/h3-10,19H,11-17H2,1-2H3,(H,25,28)/t19-/m0/s1. The highest BCUT2D eigenvalue weighted by atomic mass is 19.1. The van der Waals surface area contributed by atoms with Crippen LogP contribution >= 0.6 is 0 Å². The molecular formula is C23H30FN3O. The van der Waals surface area contributed by atoms with Gasteiger partial charge in [-0.1, -0.05) is 36.4 Å². The van der Waals surface area contributed by atoms with E-state index in [1.165, 1.54) is 23.3 Å². The van der Waals surface area contributed by atoms with Gasteiger partial charge in [-0.15, -0.1) is 0 Å². The summed E-state index contributed by atoms with van der Waals surface area (Å²) in [5, 5.41) is 3.01. The SMILES string of the molecule is Cc1ccccc1CN1CCN([C@@H](C)C(=O)NCCc2ccc(F)cc2)CC1. The maximum Gasteiger partial charge on any atom is 0.237 e. The number of nitrogens with zero attached hydrogens (tertiary/aromatic N) is 2. The molecule has 1 N–H and O–H groups in total. The van der Waals surface area contributed by atoms with Crippen LogP contribution in [-0.4, -0.2) is 54.5 Å². The molecule has 0 aliphatic carbocycles. The second-order valence-corrected chi connectivity index (χ2v) is 7.58. The lowest BCUT2D eigenvalue weighted by molar-refractivity contribution is -0.126. The Kier molecular flexibility index (Phi) is 7.18. The number of hydrogen-bond donors (Lipinski definition) is 1. The van der Waals surface area contributed by atoms with Crippen molar-refractivity contribution in [2.75, 3.05) is 32.7 Å². The summed E-state index contributed by atoms with van der Waals surface area (Å²) < 4.78 is 12.9. The summed E-state index contributed by atoms with van der Waals surface area (Å²) in [4.78, 5) is 17.2. The number of piperazine rings is 1. The molecule has 5 heteroatoms. The first-order chi connectivity index (χ1) is 13.5. The van der Waals surface area contributed by atoms with Crippen molar-refractivity contribution in [2.45, 2.75) is 32.9 Å². The van der Waals surface area contributed by atoms with E-state index in [-0.39, 0.29) is 17.8 Å². The molecule has 4 nitrogen and oxygen atoms in total. The maximum atomic E-state index is 12.9. The highest BCUT2D eigenvalue weighted by molar-refractivity contribution is 5.81. The van der Waals surface area contributed by atoms with Crippen LogP contribution < -0.4 is 5.32 Å². The Morgan fingerprint density at radius 1 is 1.07 bits per heavy atom. The van der Waals surface area contributed by atoms with Gasteiger partial charge in [0.2, 0.25) is 5.91 Å². The highest BCUT2D eigenvalue weighted by Crippen LogP contribution is 2.13. The predicted octanol–water partition coefficient (Wildman–Crippen LogP) is 3.00. The highest BCUT2D eigenvalue weighted by Gasteiger charge is 2.25. The average Bonchev–Trinajstić information content (AvgIpc) is 2.71. The molecular weight excluding hydrogens is 353 g/mol. The van der Waals surface area contributed by atoms with Gasteiger partial charge in [0, 0.05) is 39.3 Å². The number of carbonyl (C=O) groups excluding carboxylic acids is 1. The number of nitrogens with one attached hydrogen (secondary N) is 1. The Bertz CT molecular complexity index is 770. The third-order valence-electron chi connectivity index (χ3n) is 5.62. The third kappa shape index (κ3) is 5.63. The van der Waals surface area contributed by atoms with Gasteiger partial charge in [-0.2, -0.15) is 0 Å². The second-order valence-electron chi connectivity index (χ2n) is 7.58. The summed E-state index contributed by atoms with van der Waals surface area (Å²) in [6.07, 6.45) is 0.711. The van der Waals surface area contributed by atoms with Gasteiger partial charge in [0.15, 0.2) is 0 Å². The molecule has 0 bridgehead atoms. The van der Waals surface area contributed by atoms with Crippen LogP contribution in [-0.2, 0) is 17.8 Å². The molecule has 2 aromatic carbocycles. The minimum Gasteiger partial charge on any atom is -0.354 e. The molecule has 1 atom stereocenters. The van der Waals surface area contributed by atoms with Crippen molar-refractivity contribution in [1.29, 1.82) is 0 Å². The van der Waals surface area contributed by atoms with Crippen LogP contribution in [0.15, 0.2) is 48.5 Å². The Morgan fingerprint density at radius 2 is 1.75 bits per heavy atom. The monoisotopic (exact) mass is 383 g/mol. The van der Waals surface area contributed by atoms with Crippen molar-refractivity contribution in [1.82, 2.24) is 15.1 Å². The zero-order valence-corrected chi connectivity index (χ0v) is 16.8. The fraction of sp³-hybridized carbons (Fsp3) is 0.435. The number of amides is 1. The molecule has 0 radical (unpaired) electrons. The third-order valence-corrected chi connectivity index (χ3v) is 5.62.